The van der Waals surface area contributed by atoms with Gasteiger partial charge in [-0.25, -0.2) is 5.10 Å². The Hall–Kier alpha value is -4.14. The van der Waals surface area contributed by atoms with Gasteiger partial charge in [0, 0.05) is 56.5 Å². The summed E-state index contributed by atoms with van der Waals surface area (Å²) in [6, 6.07) is 26.9. The van der Waals surface area contributed by atoms with Gasteiger partial charge in [-0.15, -0.1) is 16.9 Å². The number of ether oxygens (including phenoxy) is 1. The van der Waals surface area contributed by atoms with Gasteiger partial charge >= 0.3 is 0 Å². The highest BCUT2D eigenvalue weighted by Crippen LogP contribution is 2.47. The molecule has 6 aromatic rings. The highest BCUT2D eigenvalue weighted by molar-refractivity contribution is 8.00. The first-order valence-electron chi connectivity index (χ1n) is 14.1. The molecule has 7 nitrogen and oxygen atoms in total. The summed E-state index contributed by atoms with van der Waals surface area (Å²) in [6.07, 6.45) is 4.42. The number of H-pyrrole nitrogens is 1. The lowest BCUT2D eigenvalue weighted by molar-refractivity contribution is 0.298. The molecule has 0 aliphatic carbocycles. The molecular formula is C33H29ClN6OS. The van der Waals surface area contributed by atoms with E-state index in [4.69, 9.17) is 21.3 Å². The number of aromatic amines is 1. The zero-order chi connectivity index (χ0) is 28.5. The molecule has 0 bridgehead atoms. The third kappa shape index (κ3) is 5.40. The normalized spacial score (nSPS) is 14.4. The van der Waals surface area contributed by atoms with Crippen molar-refractivity contribution in [3.63, 3.8) is 0 Å². The number of nitrogens with zero attached hydrogens (tertiary/aromatic N) is 5. The second-order valence-corrected chi connectivity index (χ2v) is 12.5. The minimum absolute atomic E-state index is 0.418. The molecule has 0 radical (unpaired) electrons. The van der Waals surface area contributed by atoms with E-state index in [1.807, 2.05) is 48.3 Å². The Morgan fingerprint density at radius 3 is 2.60 bits per heavy atom. The molecule has 3 aromatic heterocycles. The fraction of sp³-hybridized carbons (Fsp3) is 0.212. The molecule has 0 spiro atoms. The average Bonchev–Trinajstić information content (AvgIpc) is 3.64. The number of thioether (sulfide) groups is 1. The number of nitrogens with one attached hydrogen (secondary N) is 1. The maximum Gasteiger partial charge on any atom is 0.148 e. The molecule has 0 amide bonds. The van der Waals surface area contributed by atoms with Crippen LogP contribution in [-0.2, 0) is 32.4 Å². The molecule has 7 rings (SSSR count). The van der Waals surface area contributed by atoms with Gasteiger partial charge in [0.2, 0.25) is 0 Å². The van der Waals surface area contributed by atoms with E-state index in [1.54, 1.807) is 0 Å². The number of hydrogen-bond donors (Lipinski definition) is 1. The summed E-state index contributed by atoms with van der Waals surface area (Å²) in [5.74, 6) is 1.72. The van der Waals surface area contributed by atoms with E-state index in [1.165, 1.54) is 32.6 Å². The second kappa shape index (κ2) is 11.6. The molecule has 9 heteroatoms. The smallest absolute Gasteiger partial charge is 0.148 e. The van der Waals surface area contributed by atoms with Crippen LogP contribution in [0.2, 0.25) is 5.02 Å². The van der Waals surface area contributed by atoms with Crippen LogP contribution >= 0.6 is 23.4 Å². The second-order valence-electron chi connectivity index (χ2n) is 10.6. The van der Waals surface area contributed by atoms with E-state index in [2.05, 4.69) is 80.6 Å². The maximum atomic E-state index is 6.48. The first kappa shape index (κ1) is 26.7. The molecule has 4 heterocycles. The minimum atomic E-state index is 0.418. The Labute approximate surface area is 253 Å². The molecular weight excluding hydrogens is 564 g/mol. The van der Waals surface area contributed by atoms with Crippen LogP contribution in [0.25, 0.3) is 22.0 Å². The Kier molecular flexibility index (Phi) is 7.40. The molecule has 1 atom stereocenters. The minimum Gasteiger partial charge on any atom is -0.487 e. The highest BCUT2D eigenvalue weighted by atomic mass is 35.5. The third-order valence-electron chi connectivity index (χ3n) is 7.71. The highest BCUT2D eigenvalue weighted by Gasteiger charge is 2.29. The molecule has 42 heavy (non-hydrogen) atoms. The third-order valence-corrected chi connectivity index (χ3v) is 9.21. The number of rotatable bonds is 9. The molecule has 0 fully saturated rings. The van der Waals surface area contributed by atoms with Crippen molar-refractivity contribution in [1.29, 1.82) is 0 Å². The van der Waals surface area contributed by atoms with Crippen LogP contribution in [-0.4, -0.2) is 35.4 Å². The summed E-state index contributed by atoms with van der Waals surface area (Å²) in [6.45, 7) is 3.46. The fourth-order valence-electron chi connectivity index (χ4n) is 5.69. The summed E-state index contributed by atoms with van der Waals surface area (Å²) in [5.41, 5.74) is 8.15. The van der Waals surface area contributed by atoms with Gasteiger partial charge in [-0.2, -0.15) is 0 Å². The van der Waals surface area contributed by atoms with E-state index in [0.29, 0.717) is 11.9 Å². The maximum absolute atomic E-state index is 6.48. The number of aromatic nitrogens is 6. The van der Waals surface area contributed by atoms with Crippen LogP contribution in [0.4, 0.5) is 0 Å². The van der Waals surface area contributed by atoms with Crippen molar-refractivity contribution >= 4 is 34.3 Å². The Balaban J connectivity index is 1.23. The SMILES string of the molecule is CC1Cc2c(OCc3ccc(-c4ccccc4)cn3)ccc3c2c(c(CCc2nnn[nH]2)n3Cc2ccc(Cl)cc2)S1. The van der Waals surface area contributed by atoms with E-state index in [0.717, 1.165) is 59.2 Å². The molecule has 3 aromatic carbocycles. The lowest BCUT2D eigenvalue weighted by Crippen LogP contribution is -2.10. The van der Waals surface area contributed by atoms with Gasteiger partial charge in [-0.05, 0) is 64.7 Å². The van der Waals surface area contributed by atoms with Crippen LogP contribution in [0.5, 0.6) is 5.75 Å². The molecule has 0 saturated heterocycles. The van der Waals surface area contributed by atoms with Gasteiger partial charge < -0.3 is 9.30 Å². The molecule has 210 valence electrons. The Bertz CT molecular complexity index is 1820. The van der Waals surface area contributed by atoms with Crippen molar-refractivity contribution < 1.29 is 4.74 Å². The summed E-state index contributed by atoms with van der Waals surface area (Å²) in [5, 5.41) is 17.0. The quantitative estimate of drug-likeness (QED) is 0.189. The first-order valence-corrected chi connectivity index (χ1v) is 15.3. The van der Waals surface area contributed by atoms with Gasteiger partial charge in [0.1, 0.15) is 18.2 Å². The van der Waals surface area contributed by atoms with E-state index >= 15 is 0 Å². The monoisotopic (exact) mass is 592 g/mol. The number of benzene rings is 3. The number of pyridine rings is 1. The summed E-state index contributed by atoms with van der Waals surface area (Å²) >= 11 is 8.15. The van der Waals surface area contributed by atoms with Crippen LogP contribution in [0, 0.1) is 0 Å². The van der Waals surface area contributed by atoms with Crippen LogP contribution in [0.1, 0.15) is 35.3 Å². The van der Waals surface area contributed by atoms with Gasteiger partial charge in [0.25, 0.3) is 0 Å². The van der Waals surface area contributed by atoms with Crippen molar-refractivity contribution in [2.75, 3.05) is 0 Å². The lowest BCUT2D eigenvalue weighted by atomic mass is 10.0. The predicted octanol–water partition coefficient (Wildman–Crippen LogP) is 7.32. The number of aryl methyl sites for hydroxylation is 1. The van der Waals surface area contributed by atoms with Gasteiger partial charge in [-0.3, -0.25) is 4.98 Å². The van der Waals surface area contributed by atoms with Gasteiger partial charge in [-0.1, -0.05) is 67.1 Å². The summed E-state index contributed by atoms with van der Waals surface area (Å²) < 4.78 is 8.92. The zero-order valence-electron chi connectivity index (χ0n) is 23.1. The largest absolute Gasteiger partial charge is 0.487 e. The van der Waals surface area contributed by atoms with Gasteiger partial charge in [0.15, 0.2) is 0 Å². The summed E-state index contributed by atoms with van der Waals surface area (Å²) in [4.78, 5) is 6.02. The number of hydrogen-bond acceptors (Lipinski definition) is 6. The molecule has 0 saturated carbocycles. The zero-order valence-corrected chi connectivity index (χ0v) is 24.7. The van der Waals surface area contributed by atoms with Crippen LogP contribution in [0.3, 0.4) is 0 Å². The predicted molar refractivity (Wildman–Crippen MR) is 167 cm³/mol. The average molecular weight is 593 g/mol. The number of halogens is 1. The molecule has 1 N–H and O–H groups in total. The van der Waals surface area contributed by atoms with Crippen LogP contribution < -0.4 is 4.74 Å². The van der Waals surface area contributed by atoms with E-state index in [9.17, 15) is 0 Å². The molecule has 1 aliphatic heterocycles. The Morgan fingerprint density at radius 2 is 1.83 bits per heavy atom. The topological polar surface area (TPSA) is 81.5 Å². The first-order chi connectivity index (χ1) is 20.6. The standard InChI is InChI=1S/C33H29ClN6OS/c1-21-17-27-30(41-20-26-12-9-24(18-35-26)23-5-3-2-4-6-23)15-13-28-32(27)33(42-21)29(14-16-31-36-38-39-37-31)40(28)19-22-7-10-25(34)11-8-22/h2-13,15,18,21H,14,16-17,19-20H2,1H3,(H,36,37,38,39). The number of tetrazole rings is 1. The summed E-state index contributed by atoms with van der Waals surface area (Å²) in [7, 11) is 0. The van der Waals surface area contributed by atoms with Crippen molar-refractivity contribution in [3.8, 4) is 16.9 Å². The molecule has 1 aliphatic rings. The molecule has 1 unspecified atom stereocenters. The van der Waals surface area contributed by atoms with E-state index < -0.39 is 0 Å². The van der Waals surface area contributed by atoms with Crippen molar-refractivity contribution in [2.24, 2.45) is 0 Å². The van der Waals surface area contributed by atoms with Crippen LogP contribution in [0.15, 0.2) is 90.0 Å². The van der Waals surface area contributed by atoms with Gasteiger partial charge in [0.05, 0.1) is 11.2 Å². The van der Waals surface area contributed by atoms with E-state index in [-0.39, 0.29) is 0 Å². The van der Waals surface area contributed by atoms with Crippen molar-refractivity contribution in [1.82, 2.24) is 30.2 Å². The van der Waals surface area contributed by atoms with Crippen molar-refractivity contribution in [2.45, 2.75) is 49.5 Å². The fourth-order valence-corrected chi connectivity index (χ4v) is 7.16. The lowest BCUT2D eigenvalue weighted by Gasteiger charge is -2.22. The van der Waals surface area contributed by atoms with Crippen molar-refractivity contribution in [3.05, 3.63) is 118 Å². The Morgan fingerprint density at radius 1 is 0.976 bits per heavy atom.